The number of carbonyl (C=O) groups is 1. The Morgan fingerprint density at radius 3 is 2.90 bits per heavy atom. The van der Waals surface area contributed by atoms with Crippen molar-refractivity contribution in [3.63, 3.8) is 0 Å². The number of piperidine rings is 1. The van der Waals surface area contributed by atoms with Gasteiger partial charge < -0.3 is 20.6 Å². The first kappa shape index (κ1) is 13.1. The summed E-state index contributed by atoms with van der Waals surface area (Å²) in [6, 6.07) is 3.50. The number of nitrogens with one attached hydrogen (secondary N) is 1. The van der Waals surface area contributed by atoms with Crippen molar-refractivity contribution in [3.8, 4) is 11.5 Å². The molecular weight excluding hydrogens is 270 g/mol. The molecule has 1 heterocycles. The van der Waals surface area contributed by atoms with Gasteiger partial charge in [-0.05, 0) is 43.4 Å². The molecule has 4 atom stereocenters. The van der Waals surface area contributed by atoms with Gasteiger partial charge in [-0.2, -0.15) is 0 Å². The van der Waals surface area contributed by atoms with E-state index in [1.165, 1.54) is 6.07 Å². The summed E-state index contributed by atoms with van der Waals surface area (Å²) in [7, 11) is 0. The fourth-order valence-electron chi connectivity index (χ4n) is 4.88. The molecule has 4 unspecified atom stereocenters. The van der Waals surface area contributed by atoms with Gasteiger partial charge in [0.2, 0.25) is 0 Å². The van der Waals surface area contributed by atoms with E-state index in [9.17, 15) is 20.1 Å². The van der Waals surface area contributed by atoms with Crippen molar-refractivity contribution in [3.05, 3.63) is 23.3 Å². The number of phenols is 2. The number of ketones is 1. The Labute approximate surface area is 122 Å². The fourth-order valence-corrected chi connectivity index (χ4v) is 4.88. The minimum atomic E-state index is -1.09. The molecule has 0 amide bonds. The summed E-state index contributed by atoms with van der Waals surface area (Å²) in [6.07, 6.45) is 1.39. The average Bonchev–Trinajstić information content (AvgIpc) is 2.46. The monoisotopic (exact) mass is 289 g/mol. The fraction of sp³-hybridized carbons (Fsp3) is 0.562. The predicted octanol–water partition coefficient (Wildman–Crippen LogP) is 0.594. The number of benzene rings is 1. The Bertz CT molecular complexity index is 629. The SMILES string of the molecule is O=C1CCC2C3Cc4ccc(O)c(O)c4C2(CCN3)C1O. The summed E-state index contributed by atoms with van der Waals surface area (Å²) in [4.78, 5) is 12.1. The molecule has 1 aromatic rings. The Hall–Kier alpha value is -1.59. The van der Waals surface area contributed by atoms with E-state index in [2.05, 4.69) is 5.32 Å². The summed E-state index contributed by atoms with van der Waals surface area (Å²) in [5.41, 5.74) is 0.778. The molecule has 112 valence electrons. The van der Waals surface area contributed by atoms with Gasteiger partial charge >= 0.3 is 0 Å². The molecule has 21 heavy (non-hydrogen) atoms. The first-order chi connectivity index (χ1) is 10.1. The molecule has 1 saturated carbocycles. The van der Waals surface area contributed by atoms with Crippen molar-refractivity contribution < 1.29 is 20.1 Å². The molecule has 1 aromatic carbocycles. The second kappa shape index (κ2) is 4.21. The van der Waals surface area contributed by atoms with Crippen molar-refractivity contribution in [2.24, 2.45) is 5.92 Å². The maximum atomic E-state index is 12.1. The average molecular weight is 289 g/mol. The molecule has 5 nitrogen and oxygen atoms in total. The maximum absolute atomic E-state index is 12.1. The summed E-state index contributed by atoms with van der Waals surface area (Å²) in [5.74, 6) is -0.364. The van der Waals surface area contributed by atoms with Gasteiger partial charge in [-0.1, -0.05) is 6.07 Å². The highest BCUT2D eigenvalue weighted by molar-refractivity contribution is 5.86. The highest BCUT2D eigenvalue weighted by Crippen LogP contribution is 2.56. The molecule has 4 rings (SSSR count). The van der Waals surface area contributed by atoms with Crippen LogP contribution in [0.15, 0.2) is 12.1 Å². The van der Waals surface area contributed by atoms with Gasteiger partial charge in [-0.3, -0.25) is 4.79 Å². The number of fused-ring (bicyclic) bond motifs is 1. The molecule has 1 aliphatic heterocycles. The summed E-state index contributed by atoms with van der Waals surface area (Å²) < 4.78 is 0. The van der Waals surface area contributed by atoms with E-state index in [0.29, 0.717) is 24.9 Å². The number of phenolic OH excluding ortho intramolecular Hbond substituents is 2. The van der Waals surface area contributed by atoms with Gasteiger partial charge in [0.05, 0.1) is 0 Å². The van der Waals surface area contributed by atoms with E-state index in [0.717, 1.165) is 18.4 Å². The van der Waals surface area contributed by atoms with Crippen LogP contribution in [0.3, 0.4) is 0 Å². The molecule has 2 bridgehead atoms. The van der Waals surface area contributed by atoms with Crippen LogP contribution in [0.2, 0.25) is 0 Å². The maximum Gasteiger partial charge on any atom is 0.162 e. The molecule has 2 fully saturated rings. The second-order valence-corrected chi connectivity index (χ2v) is 6.54. The number of aromatic hydroxyl groups is 2. The summed E-state index contributed by atoms with van der Waals surface area (Å²) in [5, 5.41) is 34.4. The van der Waals surface area contributed by atoms with Crippen LogP contribution in [-0.2, 0) is 16.6 Å². The van der Waals surface area contributed by atoms with Crippen LogP contribution in [0.25, 0.3) is 0 Å². The molecule has 0 spiro atoms. The minimum Gasteiger partial charge on any atom is -0.504 e. The van der Waals surface area contributed by atoms with Crippen LogP contribution in [-0.4, -0.2) is 39.8 Å². The van der Waals surface area contributed by atoms with Crippen LogP contribution < -0.4 is 5.32 Å². The first-order valence-corrected chi connectivity index (χ1v) is 7.54. The van der Waals surface area contributed by atoms with Crippen molar-refractivity contribution in [1.29, 1.82) is 0 Å². The number of hydrogen-bond donors (Lipinski definition) is 4. The quantitative estimate of drug-likeness (QED) is 0.525. The van der Waals surface area contributed by atoms with Crippen LogP contribution in [0.5, 0.6) is 11.5 Å². The Kier molecular flexibility index (Phi) is 2.63. The van der Waals surface area contributed by atoms with Crippen molar-refractivity contribution in [1.82, 2.24) is 5.32 Å². The Morgan fingerprint density at radius 2 is 2.10 bits per heavy atom. The Balaban J connectivity index is 2.01. The minimum absolute atomic E-state index is 0.124. The number of hydrogen-bond acceptors (Lipinski definition) is 5. The number of Topliss-reactive ketones (excluding diaryl/α,β-unsaturated/α-hetero) is 1. The largest absolute Gasteiger partial charge is 0.504 e. The number of aliphatic hydroxyl groups is 1. The zero-order valence-corrected chi connectivity index (χ0v) is 11.7. The van der Waals surface area contributed by atoms with Crippen LogP contribution in [0, 0.1) is 5.92 Å². The number of carbonyl (C=O) groups excluding carboxylic acids is 1. The van der Waals surface area contributed by atoms with Gasteiger partial charge in [-0.15, -0.1) is 0 Å². The zero-order valence-electron chi connectivity index (χ0n) is 11.7. The van der Waals surface area contributed by atoms with Crippen LogP contribution >= 0.6 is 0 Å². The smallest absolute Gasteiger partial charge is 0.162 e. The number of aliphatic hydroxyl groups excluding tert-OH is 1. The molecule has 1 saturated heterocycles. The third kappa shape index (κ3) is 1.50. The highest BCUT2D eigenvalue weighted by Gasteiger charge is 2.59. The predicted molar refractivity (Wildman–Crippen MR) is 75.3 cm³/mol. The van der Waals surface area contributed by atoms with E-state index >= 15 is 0 Å². The summed E-state index contributed by atoms with van der Waals surface area (Å²) in [6.45, 7) is 0.708. The van der Waals surface area contributed by atoms with Gasteiger partial charge in [0.15, 0.2) is 17.3 Å². The molecular formula is C16H19NO4. The normalized spacial score (nSPS) is 37.8. The first-order valence-electron chi connectivity index (χ1n) is 7.54. The van der Waals surface area contributed by atoms with E-state index in [4.69, 9.17) is 0 Å². The van der Waals surface area contributed by atoms with Gasteiger partial charge in [0.1, 0.15) is 6.10 Å². The highest BCUT2D eigenvalue weighted by atomic mass is 16.3. The third-order valence-corrected chi connectivity index (χ3v) is 5.74. The third-order valence-electron chi connectivity index (χ3n) is 5.74. The molecule has 0 aromatic heterocycles. The zero-order chi connectivity index (χ0) is 14.8. The van der Waals surface area contributed by atoms with E-state index in [1.807, 2.05) is 0 Å². The Morgan fingerprint density at radius 1 is 1.29 bits per heavy atom. The number of rotatable bonds is 0. The van der Waals surface area contributed by atoms with Crippen LogP contribution in [0.1, 0.15) is 30.4 Å². The van der Waals surface area contributed by atoms with E-state index in [1.54, 1.807) is 6.07 Å². The van der Waals surface area contributed by atoms with E-state index < -0.39 is 11.5 Å². The van der Waals surface area contributed by atoms with Crippen LogP contribution in [0.4, 0.5) is 0 Å². The molecule has 4 N–H and O–H groups in total. The second-order valence-electron chi connectivity index (χ2n) is 6.54. The van der Waals surface area contributed by atoms with Crippen molar-refractivity contribution in [2.45, 2.75) is 43.2 Å². The lowest BCUT2D eigenvalue weighted by Gasteiger charge is -2.57. The van der Waals surface area contributed by atoms with Gasteiger partial charge in [0.25, 0.3) is 0 Å². The topological polar surface area (TPSA) is 89.8 Å². The molecule has 0 radical (unpaired) electrons. The van der Waals surface area contributed by atoms with E-state index in [-0.39, 0.29) is 29.2 Å². The van der Waals surface area contributed by atoms with Crippen molar-refractivity contribution >= 4 is 5.78 Å². The molecule has 2 aliphatic carbocycles. The van der Waals surface area contributed by atoms with Crippen molar-refractivity contribution in [2.75, 3.05) is 6.54 Å². The lowest BCUT2D eigenvalue weighted by atomic mass is 9.51. The van der Waals surface area contributed by atoms with Gasteiger partial charge in [-0.25, -0.2) is 0 Å². The lowest BCUT2D eigenvalue weighted by molar-refractivity contribution is -0.141. The summed E-state index contributed by atoms with van der Waals surface area (Å²) >= 11 is 0. The standard InChI is InChI=1S/C16H19NO4/c18-11-3-1-8-7-10-9-2-4-12(19)15(21)16(9,5-6-17-10)13(8)14(11)20/h1,3,9-10,15,17-18,20-21H,2,4-7H2. The molecule has 3 aliphatic rings. The molecule has 5 heteroatoms. The lowest BCUT2D eigenvalue weighted by Crippen LogP contribution is -2.66. The van der Waals surface area contributed by atoms with Gasteiger partial charge in [0, 0.05) is 23.4 Å².